The molecule has 0 aliphatic heterocycles. The number of aliphatic hydroxyl groups excluding tert-OH is 1. The molecular formula is C19H28O4. The molecule has 1 aromatic carbocycles. The number of aliphatic hydroxyl groups is 1. The van der Waals surface area contributed by atoms with Crippen LogP contribution >= 0.6 is 0 Å². The molecular weight excluding hydrogens is 292 g/mol. The molecule has 1 N–H and O–H groups in total. The first-order valence-electron chi connectivity index (χ1n) is 8.45. The van der Waals surface area contributed by atoms with Gasteiger partial charge in [-0.2, -0.15) is 0 Å². The number of benzene rings is 1. The summed E-state index contributed by atoms with van der Waals surface area (Å²) in [4.78, 5) is 11.5. The summed E-state index contributed by atoms with van der Waals surface area (Å²) < 4.78 is 10.7. The van der Waals surface area contributed by atoms with E-state index in [9.17, 15) is 4.79 Å². The highest BCUT2D eigenvalue weighted by molar-refractivity contribution is 5.87. The first kappa shape index (κ1) is 19.2. The molecule has 0 unspecified atom stereocenters. The van der Waals surface area contributed by atoms with E-state index in [0.29, 0.717) is 13.2 Å². The van der Waals surface area contributed by atoms with Crippen LogP contribution in [0.3, 0.4) is 0 Å². The molecule has 0 bridgehead atoms. The van der Waals surface area contributed by atoms with Crippen molar-refractivity contribution >= 4 is 12.0 Å². The van der Waals surface area contributed by atoms with E-state index < -0.39 is 0 Å². The zero-order valence-electron chi connectivity index (χ0n) is 14.0. The van der Waals surface area contributed by atoms with E-state index in [0.717, 1.165) is 49.8 Å². The molecule has 0 aromatic heterocycles. The van der Waals surface area contributed by atoms with Crippen LogP contribution in [-0.4, -0.2) is 30.9 Å². The Labute approximate surface area is 139 Å². The molecule has 1 aromatic rings. The molecule has 0 saturated heterocycles. The number of ether oxygens (including phenoxy) is 2. The van der Waals surface area contributed by atoms with Gasteiger partial charge < -0.3 is 14.6 Å². The third kappa shape index (κ3) is 9.74. The van der Waals surface area contributed by atoms with Gasteiger partial charge in [-0.25, -0.2) is 4.79 Å². The Morgan fingerprint density at radius 1 is 1.04 bits per heavy atom. The van der Waals surface area contributed by atoms with Crippen LogP contribution < -0.4 is 4.74 Å². The number of esters is 1. The number of carbonyl (C=O) groups excluding carboxylic acids is 1. The van der Waals surface area contributed by atoms with Gasteiger partial charge >= 0.3 is 5.97 Å². The predicted octanol–water partition coefficient (Wildman–Crippen LogP) is 3.97. The summed E-state index contributed by atoms with van der Waals surface area (Å²) in [5, 5.41) is 8.69. The molecule has 0 heterocycles. The Kier molecular flexibility index (Phi) is 10.6. The van der Waals surface area contributed by atoms with Crippen LogP contribution in [0.15, 0.2) is 30.3 Å². The van der Waals surface area contributed by atoms with Crippen molar-refractivity contribution < 1.29 is 19.4 Å². The van der Waals surface area contributed by atoms with Crippen LogP contribution in [0, 0.1) is 0 Å². The second kappa shape index (κ2) is 12.7. The van der Waals surface area contributed by atoms with Gasteiger partial charge in [-0.3, -0.25) is 0 Å². The van der Waals surface area contributed by atoms with Crippen molar-refractivity contribution in [1.82, 2.24) is 0 Å². The molecule has 128 valence electrons. The zero-order chi connectivity index (χ0) is 16.8. The Morgan fingerprint density at radius 2 is 1.78 bits per heavy atom. The highest BCUT2D eigenvalue weighted by Gasteiger charge is 1.97. The van der Waals surface area contributed by atoms with Gasteiger partial charge in [0, 0.05) is 12.7 Å². The van der Waals surface area contributed by atoms with Crippen molar-refractivity contribution in [3.05, 3.63) is 35.9 Å². The first-order valence-corrected chi connectivity index (χ1v) is 8.45. The molecule has 0 aliphatic carbocycles. The standard InChI is InChI=1S/C19H28O4/c1-2-3-15-23-19(21)13-10-17-8-11-18(12-9-17)22-16-7-5-4-6-14-20/h8-13,20H,2-7,14-16H2,1H3/b13-10+. The number of unbranched alkanes of at least 4 members (excludes halogenated alkanes) is 4. The van der Waals surface area contributed by atoms with Gasteiger partial charge in [-0.05, 0) is 49.5 Å². The average Bonchev–Trinajstić information content (AvgIpc) is 2.57. The number of carbonyl (C=O) groups is 1. The summed E-state index contributed by atoms with van der Waals surface area (Å²) >= 11 is 0. The zero-order valence-corrected chi connectivity index (χ0v) is 14.0. The van der Waals surface area contributed by atoms with Gasteiger partial charge in [0.25, 0.3) is 0 Å². The molecule has 0 fully saturated rings. The molecule has 4 nitrogen and oxygen atoms in total. The molecule has 0 atom stereocenters. The fourth-order valence-electron chi connectivity index (χ4n) is 1.96. The van der Waals surface area contributed by atoms with Crippen molar-refractivity contribution in [2.45, 2.75) is 45.4 Å². The third-order valence-corrected chi connectivity index (χ3v) is 3.36. The summed E-state index contributed by atoms with van der Waals surface area (Å²) in [6.07, 6.45) is 9.07. The second-order valence-corrected chi connectivity index (χ2v) is 5.41. The van der Waals surface area contributed by atoms with Crippen LogP contribution in [-0.2, 0) is 9.53 Å². The molecule has 1 rings (SSSR count). The summed E-state index contributed by atoms with van der Waals surface area (Å²) in [6.45, 7) is 3.49. The van der Waals surface area contributed by atoms with E-state index in [1.165, 1.54) is 6.08 Å². The van der Waals surface area contributed by atoms with Gasteiger partial charge in [-0.15, -0.1) is 0 Å². The monoisotopic (exact) mass is 320 g/mol. The topological polar surface area (TPSA) is 55.8 Å². The minimum atomic E-state index is -0.304. The first-order chi connectivity index (χ1) is 11.3. The van der Waals surface area contributed by atoms with Crippen molar-refractivity contribution in [2.75, 3.05) is 19.8 Å². The highest BCUT2D eigenvalue weighted by atomic mass is 16.5. The maximum Gasteiger partial charge on any atom is 0.330 e. The molecule has 0 spiro atoms. The largest absolute Gasteiger partial charge is 0.494 e. The quantitative estimate of drug-likeness (QED) is 0.360. The Hall–Kier alpha value is -1.81. The van der Waals surface area contributed by atoms with E-state index in [1.54, 1.807) is 6.08 Å². The summed E-state index contributed by atoms with van der Waals surface area (Å²) in [5.74, 6) is 0.525. The second-order valence-electron chi connectivity index (χ2n) is 5.41. The van der Waals surface area contributed by atoms with Gasteiger partial charge in [0.05, 0.1) is 13.2 Å². The van der Waals surface area contributed by atoms with Crippen LogP contribution in [0.4, 0.5) is 0 Å². The van der Waals surface area contributed by atoms with Crippen LogP contribution in [0.25, 0.3) is 6.08 Å². The van der Waals surface area contributed by atoms with Crippen LogP contribution in [0.1, 0.15) is 51.0 Å². The lowest BCUT2D eigenvalue weighted by Crippen LogP contribution is -2.01. The van der Waals surface area contributed by atoms with Crippen molar-refractivity contribution in [1.29, 1.82) is 0 Å². The summed E-state index contributed by atoms with van der Waals surface area (Å²) in [6, 6.07) is 7.62. The van der Waals surface area contributed by atoms with Gasteiger partial charge in [0.2, 0.25) is 0 Å². The number of hydrogen-bond acceptors (Lipinski definition) is 4. The highest BCUT2D eigenvalue weighted by Crippen LogP contribution is 2.14. The van der Waals surface area contributed by atoms with Gasteiger partial charge in [0.15, 0.2) is 0 Å². The van der Waals surface area contributed by atoms with Gasteiger partial charge in [0.1, 0.15) is 5.75 Å². The fraction of sp³-hybridized carbons (Fsp3) is 0.526. The minimum Gasteiger partial charge on any atom is -0.494 e. The summed E-state index contributed by atoms with van der Waals surface area (Å²) in [7, 11) is 0. The molecule has 0 saturated carbocycles. The Balaban J connectivity index is 2.26. The van der Waals surface area contributed by atoms with E-state index in [4.69, 9.17) is 14.6 Å². The maximum absolute atomic E-state index is 11.5. The SMILES string of the molecule is CCCCOC(=O)/C=C/c1ccc(OCCCCCCO)cc1. The smallest absolute Gasteiger partial charge is 0.330 e. The number of hydrogen-bond donors (Lipinski definition) is 1. The van der Waals surface area contributed by atoms with Crippen molar-refractivity contribution in [3.63, 3.8) is 0 Å². The van der Waals surface area contributed by atoms with E-state index in [1.807, 2.05) is 24.3 Å². The predicted molar refractivity (Wildman–Crippen MR) is 92.4 cm³/mol. The van der Waals surface area contributed by atoms with E-state index in [-0.39, 0.29) is 12.6 Å². The fourth-order valence-corrected chi connectivity index (χ4v) is 1.96. The third-order valence-electron chi connectivity index (χ3n) is 3.36. The van der Waals surface area contributed by atoms with E-state index in [2.05, 4.69) is 6.92 Å². The number of rotatable bonds is 12. The molecule has 23 heavy (non-hydrogen) atoms. The molecule has 4 heteroatoms. The maximum atomic E-state index is 11.5. The Bertz CT molecular complexity index is 451. The summed E-state index contributed by atoms with van der Waals surface area (Å²) in [5.41, 5.74) is 0.938. The molecule has 0 amide bonds. The lowest BCUT2D eigenvalue weighted by molar-refractivity contribution is -0.137. The normalized spacial score (nSPS) is 10.9. The van der Waals surface area contributed by atoms with Gasteiger partial charge in [-0.1, -0.05) is 31.9 Å². The minimum absolute atomic E-state index is 0.266. The average molecular weight is 320 g/mol. The molecule has 0 aliphatic rings. The molecule has 0 radical (unpaired) electrons. The lowest BCUT2D eigenvalue weighted by atomic mass is 10.2. The lowest BCUT2D eigenvalue weighted by Gasteiger charge is -2.06. The Morgan fingerprint density at radius 3 is 2.48 bits per heavy atom. The van der Waals surface area contributed by atoms with Crippen LogP contribution in [0.5, 0.6) is 5.75 Å². The van der Waals surface area contributed by atoms with E-state index >= 15 is 0 Å². The van der Waals surface area contributed by atoms with Crippen molar-refractivity contribution in [2.24, 2.45) is 0 Å². The van der Waals surface area contributed by atoms with Crippen molar-refractivity contribution in [3.8, 4) is 5.75 Å². The van der Waals surface area contributed by atoms with Crippen LogP contribution in [0.2, 0.25) is 0 Å².